The Morgan fingerprint density at radius 1 is 1.25 bits per heavy atom. The number of rotatable bonds is 6. The normalized spacial score (nSPS) is 11.5. The molecule has 2 aromatic carbocycles. The number of halogens is 1. The van der Waals surface area contributed by atoms with Gasteiger partial charge in [0.2, 0.25) is 0 Å². The van der Waals surface area contributed by atoms with Crippen LogP contribution in [0.25, 0.3) is 16.6 Å². The summed E-state index contributed by atoms with van der Waals surface area (Å²) in [5, 5.41) is 18.5. The third-order valence-electron chi connectivity index (χ3n) is 5.30. The molecule has 0 aliphatic rings. The number of fused-ring (bicyclic) bond motifs is 1. The van der Waals surface area contributed by atoms with E-state index in [1.54, 1.807) is 49.4 Å². The molecule has 12 heteroatoms. The van der Waals surface area contributed by atoms with Crippen molar-refractivity contribution in [2.24, 2.45) is 0 Å². The van der Waals surface area contributed by atoms with Crippen molar-refractivity contribution in [2.75, 3.05) is 22.9 Å². The van der Waals surface area contributed by atoms with E-state index in [0.717, 1.165) is 0 Å². The molecule has 36 heavy (non-hydrogen) atoms. The number of nitriles is 1. The molecule has 2 amide bonds. The van der Waals surface area contributed by atoms with Crippen LogP contribution in [0.1, 0.15) is 31.3 Å². The first-order valence-corrected chi connectivity index (χ1v) is 11.8. The molecule has 182 valence electrons. The van der Waals surface area contributed by atoms with E-state index in [-0.39, 0.29) is 28.8 Å². The van der Waals surface area contributed by atoms with Crippen molar-refractivity contribution in [1.29, 1.82) is 5.26 Å². The Labute approximate surface area is 214 Å². The molecule has 0 spiro atoms. The van der Waals surface area contributed by atoms with E-state index < -0.39 is 6.04 Å². The van der Waals surface area contributed by atoms with Gasteiger partial charge in [0.25, 0.3) is 5.56 Å². The van der Waals surface area contributed by atoms with Gasteiger partial charge in [-0.15, -0.1) is 0 Å². The number of aromatic nitrogens is 4. The zero-order valence-electron chi connectivity index (χ0n) is 19.4. The lowest BCUT2D eigenvalue weighted by atomic mass is 10.2. The summed E-state index contributed by atoms with van der Waals surface area (Å²) in [4.78, 5) is 38.6. The molecule has 0 saturated carbocycles. The highest BCUT2D eigenvalue weighted by atomic mass is 79.9. The maximum Gasteiger partial charge on any atom is 0.319 e. The Bertz CT molecular complexity index is 1560. The molecule has 4 rings (SSSR count). The fourth-order valence-electron chi connectivity index (χ4n) is 3.69. The number of hydrogen-bond acceptors (Lipinski definition) is 8. The molecular weight excluding hydrogens is 526 g/mol. The number of urea groups is 1. The second kappa shape index (κ2) is 10.4. The fourth-order valence-corrected chi connectivity index (χ4v) is 4.22. The van der Waals surface area contributed by atoms with Crippen LogP contribution in [0.5, 0.6) is 0 Å². The van der Waals surface area contributed by atoms with Crippen molar-refractivity contribution in [1.82, 2.24) is 24.8 Å². The van der Waals surface area contributed by atoms with Gasteiger partial charge in [0, 0.05) is 16.7 Å². The van der Waals surface area contributed by atoms with Gasteiger partial charge in [-0.1, -0.05) is 12.1 Å². The minimum absolute atomic E-state index is 0.0409. The van der Waals surface area contributed by atoms with Gasteiger partial charge < -0.3 is 21.7 Å². The predicted molar refractivity (Wildman–Crippen MR) is 141 cm³/mol. The topological polar surface area (TPSA) is 164 Å². The van der Waals surface area contributed by atoms with Gasteiger partial charge in [-0.2, -0.15) is 5.26 Å². The number of hydrogen-bond donors (Lipinski definition) is 4. The number of anilines is 3. The molecule has 0 fully saturated rings. The molecular formula is C24H22BrN9O2. The number of nitrogens with zero attached hydrogens (tertiary/aromatic N) is 5. The van der Waals surface area contributed by atoms with E-state index in [9.17, 15) is 14.9 Å². The highest BCUT2D eigenvalue weighted by Gasteiger charge is 2.21. The molecule has 2 aromatic heterocycles. The summed E-state index contributed by atoms with van der Waals surface area (Å²) >= 11 is 3.46. The molecule has 0 saturated heterocycles. The van der Waals surface area contributed by atoms with Crippen LogP contribution in [0.3, 0.4) is 0 Å². The van der Waals surface area contributed by atoms with Crippen molar-refractivity contribution < 1.29 is 4.79 Å². The average molecular weight is 548 g/mol. The zero-order chi connectivity index (χ0) is 25.8. The second-order valence-electron chi connectivity index (χ2n) is 7.74. The maximum absolute atomic E-state index is 13.8. The number of nitrogens with two attached hydrogens (primary N) is 1. The van der Waals surface area contributed by atoms with Gasteiger partial charge >= 0.3 is 6.03 Å². The average Bonchev–Trinajstić information content (AvgIpc) is 2.84. The zero-order valence-corrected chi connectivity index (χ0v) is 21.0. The third kappa shape index (κ3) is 4.82. The quantitative estimate of drug-likeness (QED) is 0.283. The Kier molecular flexibility index (Phi) is 7.12. The predicted octanol–water partition coefficient (Wildman–Crippen LogP) is 3.71. The van der Waals surface area contributed by atoms with Gasteiger partial charge in [0.15, 0.2) is 0 Å². The number of carbonyl (C=O) groups excluding carboxylic acids is 1. The maximum atomic E-state index is 13.8. The van der Waals surface area contributed by atoms with E-state index in [2.05, 4.69) is 41.8 Å². The molecule has 4 aromatic rings. The standard InChI is InChI=1S/C24H22BrN9O2/c1-3-28-24(36)32-14-6-4-7-15(10-14)34-22(33-18-9-5-8-17(25)19(18)23(34)35)13(2)31-21-16(11-26)20(27)29-12-30-21/h4-10,12-13H,3H2,1-2H3,(H2,28,32,36)(H3,27,29,30,31). The van der Waals surface area contributed by atoms with E-state index >= 15 is 0 Å². The Morgan fingerprint density at radius 2 is 2.03 bits per heavy atom. The lowest BCUT2D eigenvalue weighted by molar-refractivity contribution is 0.252. The smallest absolute Gasteiger partial charge is 0.319 e. The lowest BCUT2D eigenvalue weighted by Gasteiger charge is -2.21. The minimum atomic E-state index is -0.581. The summed E-state index contributed by atoms with van der Waals surface area (Å²) in [6.07, 6.45) is 1.25. The van der Waals surface area contributed by atoms with E-state index in [4.69, 9.17) is 10.7 Å². The first-order chi connectivity index (χ1) is 17.3. The molecule has 0 radical (unpaired) electrons. The monoisotopic (exact) mass is 547 g/mol. The summed E-state index contributed by atoms with van der Waals surface area (Å²) in [6.45, 7) is 4.08. The first kappa shape index (κ1) is 24.6. The molecule has 1 atom stereocenters. The highest BCUT2D eigenvalue weighted by molar-refractivity contribution is 9.10. The number of nitrogen functional groups attached to an aromatic ring is 1. The van der Waals surface area contributed by atoms with Crippen LogP contribution >= 0.6 is 15.9 Å². The van der Waals surface area contributed by atoms with Crippen molar-refractivity contribution in [3.63, 3.8) is 0 Å². The Hall–Kier alpha value is -4.50. The lowest BCUT2D eigenvalue weighted by Crippen LogP contribution is -2.29. The van der Waals surface area contributed by atoms with Crippen LogP contribution in [-0.4, -0.2) is 32.1 Å². The SMILES string of the molecule is CCNC(=O)Nc1cccc(-n2c(C(C)Nc3ncnc(N)c3C#N)nc3cccc(Br)c3c2=O)c1. The molecule has 2 heterocycles. The van der Waals surface area contributed by atoms with Crippen LogP contribution in [0, 0.1) is 11.3 Å². The third-order valence-corrected chi connectivity index (χ3v) is 5.96. The van der Waals surface area contributed by atoms with Gasteiger partial charge in [-0.05, 0) is 60.1 Å². The van der Waals surface area contributed by atoms with Gasteiger partial charge in [-0.25, -0.2) is 19.7 Å². The summed E-state index contributed by atoms with van der Waals surface area (Å²) in [7, 11) is 0. The molecule has 0 aliphatic heterocycles. The van der Waals surface area contributed by atoms with E-state index in [1.807, 2.05) is 13.0 Å². The first-order valence-electron chi connectivity index (χ1n) is 11.0. The van der Waals surface area contributed by atoms with Gasteiger partial charge in [-0.3, -0.25) is 9.36 Å². The fraction of sp³-hybridized carbons (Fsp3) is 0.167. The Morgan fingerprint density at radius 3 is 2.78 bits per heavy atom. The minimum Gasteiger partial charge on any atom is -0.382 e. The molecule has 5 N–H and O–H groups in total. The molecule has 11 nitrogen and oxygen atoms in total. The van der Waals surface area contributed by atoms with Crippen LogP contribution in [0.15, 0.2) is 58.1 Å². The summed E-state index contributed by atoms with van der Waals surface area (Å²) in [5.41, 5.74) is 7.10. The van der Waals surface area contributed by atoms with Crippen LogP contribution < -0.4 is 27.2 Å². The van der Waals surface area contributed by atoms with Crippen molar-refractivity contribution in [2.45, 2.75) is 19.9 Å². The highest BCUT2D eigenvalue weighted by Crippen LogP contribution is 2.27. The van der Waals surface area contributed by atoms with E-state index in [0.29, 0.717) is 39.1 Å². The number of amides is 2. The second-order valence-corrected chi connectivity index (χ2v) is 8.59. The summed E-state index contributed by atoms with van der Waals surface area (Å²) < 4.78 is 2.06. The molecule has 1 unspecified atom stereocenters. The largest absolute Gasteiger partial charge is 0.382 e. The van der Waals surface area contributed by atoms with Gasteiger partial charge in [0.05, 0.1) is 22.6 Å². The molecule has 0 bridgehead atoms. The van der Waals surface area contributed by atoms with Crippen LogP contribution in [0.4, 0.5) is 22.1 Å². The number of nitrogens with one attached hydrogen (secondary N) is 3. The molecule has 0 aliphatic carbocycles. The van der Waals surface area contributed by atoms with Crippen molar-refractivity contribution >= 4 is 50.2 Å². The van der Waals surface area contributed by atoms with Crippen LogP contribution in [0.2, 0.25) is 0 Å². The van der Waals surface area contributed by atoms with Crippen LogP contribution in [-0.2, 0) is 0 Å². The van der Waals surface area contributed by atoms with Crippen molar-refractivity contribution in [3.05, 3.63) is 75.0 Å². The summed E-state index contributed by atoms with van der Waals surface area (Å²) in [6, 6.07) is 13.2. The Balaban J connectivity index is 1.88. The van der Waals surface area contributed by atoms with Crippen molar-refractivity contribution in [3.8, 4) is 11.8 Å². The van der Waals surface area contributed by atoms with E-state index in [1.165, 1.54) is 10.9 Å². The summed E-state index contributed by atoms with van der Waals surface area (Å²) in [5.74, 6) is 0.625. The number of benzene rings is 2. The van der Waals surface area contributed by atoms with Gasteiger partial charge in [0.1, 0.15) is 35.4 Å². The number of carbonyl (C=O) groups is 1.